The fourth-order valence-corrected chi connectivity index (χ4v) is 2.61. The third-order valence-electron chi connectivity index (χ3n) is 3.06. The number of aryl methyl sites for hydroxylation is 1. The fourth-order valence-electron chi connectivity index (χ4n) is 1.86. The quantitative estimate of drug-likeness (QED) is 0.758. The zero-order valence-corrected chi connectivity index (χ0v) is 14.0. The number of carbonyl (C=O) groups is 2. The van der Waals surface area contributed by atoms with Gasteiger partial charge in [0.1, 0.15) is 0 Å². The average molecular weight is 332 g/mol. The minimum Gasteiger partial charge on any atom is -0.332 e. The number of amides is 3. The summed E-state index contributed by atoms with van der Waals surface area (Å²) in [6, 6.07) is 6.72. The highest BCUT2D eigenvalue weighted by molar-refractivity contribution is 7.09. The van der Waals surface area contributed by atoms with Gasteiger partial charge in [0.2, 0.25) is 5.91 Å². The number of aromatic nitrogens is 1. The molecule has 0 fully saturated rings. The Morgan fingerprint density at radius 1 is 1.17 bits per heavy atom. The smallest absolute Gasteiger partial charge is 0.319 e. The highest BCUT2D eigenvalue weighted by Gasteiger charge is 2.06. The Morgan fingerprint density at radius 3 is 2.57 bits per heavy atom. The van der Waals surface area contributed by atoms with Crippen molar-refractivity contribution in [1.82, 2.24) is 10.3 Å². The number of anilines is 2. The minimum atomic E-state index is -0.310. The Hall–Kier alpha value is -2.41. The van der Waals surface area contributed by atoms with Crippen LogP contribution in [0.5, 0.6) is 0 Å². The number of urea groups is 1. The maximum atomic E-state index is 11.9. The molecule has 6 nitrogen and oxygen atoms in total. The first-order valence-corrected chi connectivity index (χ1v) is 8.36. The minimum absolute atomic E-state index is 0.0677. The molecular weight excluding hydrogens is 312 g/mol. The lowest BCUT2D eigenvalue weighted by atomic mass is 10.2. The molecule has 1 aromatic heterocycles. The Balaban J connectivity index is 1.87. The van der Waals surface area contributed by atoms with Gasteiger partial charge in [-0.15, -0.1) is 11.3 Å². The first-order chi connectivity index (χ1) is 11.1. The van der Waals surface area contributed by atoms with Crippen LogP contribution in [0, 0.1) is 0 Å². The molecule has 0 spiro atoms. The van der Waals surface area contributed by atoms with Crippen LogP contribution in [-0.2, 0) is 17.8 Å². The molecule has 23 heavy (non-hydrogen) atoms. The second-order valence-electron chi connectivity index (χ2n) is 4.88. The highest BCUT2D eigenvalue weighted by atomic mass is 32.1. The van der Waals surface area contributed by atoms with Crippen LogP contribution >= 0.6 is 11.3 Å². The number of nitrogens with one attached hydrogen (secondary N) is 3. The van der Waals surface area contributed by atoms with Gasteiger partial charge in [-0.3, -0.25) is 4.79 Å². The lowest BCUT2D eigenvalue weighted by Crippen LogP contribution is -2.28. The predicted octanol–water partition coefficient (Wildman–Crippen LogP) is 3.38. The molecule has 2 aromatic rings. The van der Waals surface area contributed by atoms with E-state index in [9.17, 15) is 9.59 Å². The van der Waals surface area contributed by atoms with Gasteiger partial charge in [-0.05, 0) is 24.6 Å². The van der Waals surface area contributed by atoms with E-state index in [2.05, 4.69) is 20.9 Å². The average Bonchev–Trinajstić information content (AvgIpc) is 3.01. The van der Waals surface area contributed by atoms with Crippen molar-refractivity contribution < 1.29 is 9.59 Å². The van der Waals surface area contributed by atoms with E-state index in [1.165, 1.54) is 0 Å². The molecule has 1 heterocycles. The van der Waals surface area contributed by atoms with E-state index in [0.717, 1.165) is 17.1 Å². The number of benzene rings is 1. The molecule has 0 unspecified atom stereocenters. The van der Waals surface area contributed by atoms with Gasteiger partial charge in [-0.2, -0.15) is 0 Å². The Labute approximate surface area is 139 Å². The molecule has 2 rings (SSSR count). The number of rotatable bonds is 6. The number of nitrogens with zero attached hydrogens (tertiary/aromatic N) is 1. The first-order valence-electron chi connectivity index (χ1n) is 7.48. The predicted molar refractivity (Wildman–Crippen MR) is 92.7 cm³/mol. The van der Waals surface area contributed by atoms with Gasteiger partial charge in [0.25, 0.3) is 0 Å². The third-order valence-corrected chi connectivity index (χ3v) is 4.10. The molecular formula is C16H20N4O2S. The molecule has 0 aliphatic heterocycles. The summed E-state index contributed by atoms with van der Waals surface area (Å²) in [5.74, 6) is -0.0677. The molecule has 3 N–H and O–H groups in total. The molecule has 0 atom stereocenters. The lowest BCUT2D eigenvalue weighted by molar-refractivity contribution is -0.115. The van der Waals surface area contributed by atoms with Crippen molar-refractivity contribution in [2.75, 3.05) is 10.6 Å². The zero-order valence-electron chi connectivity index (χ0n) is 13.2. The maximum Gasteiger partial charge on any atom is 0.319 e. The van der Waals surface area contributed by atoms with Gasteiger partial charge in [-0.1, -0.05) is 19.9 Å². The van der Waals surface area contributed by atoms with Crippen LogP contribution in [0.1, 0.15) is 31.0 Å². The molecule has 122 valence electrons. The van der Waals surface area contributed by atoms with Crippen molar-refractivity contribution in [1.29, 1.82) is 0 Å². The largest absolute Gasteiger partial charge is 0.332 e. The van der Waals surface area contributed by atoms with Gasteiger partial charge in [0.15, 0.2) is 0 Å². The molecule has 0 saturated heterocycles. The highest BCUT2D eigenvalue weighted by Crippen LogP contribution is 2.15. The first kappa shape index (κ1) is 17.0. The molecule has 7 heteroatoms. The number of carbonyl (C=O) groups excluding carboxylic acids is 2. The summed E-state index contributed by atoms with van der Waals surface area (Å²) in [7, 11) is 0. The van der Waals surface area contributed by atoms with E-state index >= 15 is 0 Å². The molecule has 3 amide bonds. The second kappa shape index (κ2) is 8.28. The van der Waals surface area contributed by atoms with Crippen LogP contribution in [0.3, 0.4) is 0 Å². The summed E-state index contributed by atoms with van der Waals surface area (Å²) in [6.45, 7) is 4.22. The standard InChI is InChI=1S/C16H20N4O2S/c1-3-14(21)18-11-6-5-7-12(8-11)20-16(22)17-9-13-10-23-15(4-2)19-13/h5-8,10H,3-4,9H2,1-2H3,(H,18,21)(H2,17,20,22). The summed E-state index contributed by atoms with van der Waals surface area (Å²) in [5, 5.41) is 11.3. The zero-order chi connectivity index (χ0) is 16.7. The molecule has 0 aliphatic rings. The van der Waals surface area contributed by atoms with E-state index in [4.69, 9.17) is 0 Å². The Bertz CT molecular complexity index is 684. The van der Waals surface area contributed by atoms with Crippen molar-refractivity contribution in [2.45, 2.75) is 33.2 Å². The molecule has 1 aromatic carbocycles. The second-order valence-corrected chi connectivity index (χ2v) is 5.82. The van der Waals surface area contributed by atoms with Gasteiger partial charge in [0, 0.05) is 23.2 Å². The van der Waals surface area contributed by atoms with Crippen molar-refractivity contribution in [3.63, 3.8) is 0 Å². The topological polar surface area (TPSA) is 83.1 Å². The maximum absolute atomic E-state index is 11.9. The summed E-state index contributed by atoms with van der Waals surface area (Å²) in [4.78, 5) is 27.7. The van der Waals surface area contributed by atoms with Crippen LogP contribution in [-0.4, -0.2) is 16.9 Å². The Kier molecular flexibility index (Phi) is 6.10. The van der Waals surface area contributed by atoms with Crippen LogP contribution in [0.25, 0.3) is 0 Å². The number of thiazole rings is 1. The van der Waals surface area contributed by atoms with E-state index in [1.54, 1.807) is 42.5 Å². The summed E-state index contributed by atoms with van der Waals surface area (Å²) in [5.41, 5.74) is 2.12. The number of hydrogen-bond donors (Lipinski definition) is 3. The SMILES string of the molecule is CCC(=O)Nc1cccc(NC(=O)NCc2csc(CC)n2)c1. The van der Waals surface area contributed by atoms with E-state index in [1.807, 2.05) is 12.3 Å². The van der Waals surface area contributed by atoms with Crippen molar-refractivity contribution in [3.05, 3.63) is 40.3 Å². The van der Waals surface area contributed by atoms with Crippen molar-refractivity contribution in [2.24, 2.45) is 0 Å². The van der Waals surface area contributed by atoms with Crippen molar-refractivity contribution in [3.8, 4) is 0 Å². The molecule has 0 saturated carbocycles. The monoisotopic (exact) mass is 332 g/mol. The van der Waals surface area contributed by atoms with Crippen LogP contribution in [0.15, 0.2) is 29.6 Å². The normalized spacial score (nSPS) is 10.2. The lowest BCUT2D eigenvalue weighted by Gasteiger charge is -2.09. The fraction of sp³-hybridized carbons (Fsp3) is 0.312. The summed E-state index contributed by atoms with van der Waals surface area (Å²) < 4.78 is 0. The number of hydrogen-bond acceptors (Lipinski definition) is 4. The van der Waals surface area contributed by atoms with Crippen LogP contribution in [0.4, 0.5) is 16.2 Å². The summed E-state index contributed by atoms with van der Waals surface area (Å²) >= 11 is 1.59. The van der Waals surface area contributed by atoms with Gasteiger partial charge >= 0.3 is 6.03 Å². The third kappa shape index (κ3) is 5.37. The van der Waals surface area contributed by atoms with E-state index in [-0.39, 0.29) is 11.9 Å². The molecule has 0 aliphatic carbocycles. The van der Waals surface area contributed by atoms with Crippen molar-refractivity contribution >= 4 is 34.6 Å². The molecule has 0 bridgehead atoms. The van der Waals surface area contributed by atoms with E-state index < -0.39 is 0 Å². The molecule has 0 radical (unpaired) electrons. The van der Waals surface area contributed by atoms with Crippen LogP contribution < -0.4 is 16.0 Å². The summed E-state index contributed by atoms with van der Waals surface area (Å²) in [6.07, 6.45) is 1.30. The Morgan fingerprint density at radius 2 is 1.91 bits per heavy atom. The van der Waals surface area contributed by atoms with E-state index in [0.29, 0.717) is 24.3 Å². The van der Waals surface area contributed by atoms with Gasteiger partial charge < -0.3 is 16.0 Å². The van der Waals surface area contributed by atoms with Gasteiger partial charge in [0.05, 0.1) is 17.2 Å². The van der Waals surface area contributed by atoms with Gasteiger partial charge in [-0.25, -0.2) is 9.78 Å². The van der Waals surface area contributed by atoms with Crippen LogP contribution in [0.2, 0.25) is 0 Å².